The molecule has 2 heterocycles. The van der Waals surface area contributed by atoms with Gasteiger partial charge in [0.05, 0.1) is 32.4 Å². The molecule has 0 radical (unpaired) electrons. The van der Waals surface area contributed by atoms with Gasteiger partial charge in [0.1, 0.15) is 0 Å². The summed E-state index contributed by atoms with van der Waals surface area (Å²) in [5, 5.41) is 7.91. The predicted molar refractivity (Wildman–Crippen MR) is 170 cm³/mol. The van der Waals surface area contributed by atoms with Gasteiger partial charge in [0.15, 0.2) is 0 Å². The van der Waals surface area contributed by atoms with Gasteiger partial charge in [0.2, 0.25) is 0 Å². The number of halogens is 2. The second kappa shape index (κ2) is 12.3. The largest absolute Gasteiger partial charge is 0.322 e. The molecule has 0 saturated heterocycles. The van der Waals surface area contributed by atoms with Crippen molar-refractivity contribution in [2.75, 3.05) is 23.7 Å². The minimum absolute atomic E-state index is 0.305. The molecule has 8 heteroatoms. The number of amides is 2. The third-order valence-corrected chi connectivity index (χ3v) is 8.26. The Bertz CT molecular complexity index is 1790. The zero-order chi connectivity index (χ0) is 29.1. The van der Waals surface area contributed by atoms with E-state index in [1.165, 1.54) is 22.9 Å². The molecule has 42 heavy (non-hydrogen) atoms. The van der Waals surface area contributed by atoms with Gasteiger partial charge in [-0.2, -0.15) is 0 Å². The minimum atomic E-state index is -0.332. The van der Waals surface area contributed by atoms with Crippen LogP contribution in [-0.2, 0) is 19.4 Å². The van der Waals surface area contributed by atoms with Gasteiger partial charge in [-0.25, -0.2) is 0 Å². The second-order valence-corrected chi connectivity index (χ2v) is 11.2. The molecule has 0 atom stereocenters. The molecule has 210 valence electrons. The Morgan fingerprint density at radius 3 is 2.38 bits per heavy atom. The summed E-state index contributed by atoms with van der Waals surface area (Å²) >= 11 is 12.4. The van der Waals surface area contributed by atoms with Crippen molar-refractivity contribution in [1.82, 2.24) is 9.88 Å². The smallest absolute Gasteiger partial charge is 0.257 e. The van der Waals surface area contributed by atoms with Crippen molar-refractivity contribution >= 4 is 57.3 Å². The first-order valence-corrected chi connectivity index (χ1v) is 14.5. The van der Waals surface area contributed by atoms with Crippen LogP contribution in [0.25, 0.3) is 10.9 Å². The molecule has 1 aliphatic heterocycles. The second-order valence-electron chi connectivity index (χ2n) is 10.4. The van der Waals surface area contributed by atoms with Crippen LogP contribution in [0.2, 0.25) is 10.0 Å². The first-order chi connectivity index (χ1) is 20.4. The van der Waals surface area contributed by atoms with E-state index in [1.54, 1.807) is 30.3 Å². The number of benzene rings is 4. The van der Waals surface area contributed by atoms with Crippen molar-refractivity contribution in [1.29, 1.82) is 0 Å². The Labute approximate surface area is 254 Å². The lowest BCUT2D eigenvalue weighted by Gasteiger charge is -2.29. The Hall–Kier alpha value is -4.23. The number of fused-ring (bicyclic) bond motifs is 2. The normalized spacial score (nSPS) is 13.0. The van der Waals surface area contributed by atoms with Crippen molar-refractivity contribution in [2.24, 2.45) is 0 Å². The Morgan fingerprint density at radius 1 is 0.810 bits per heavy atom. The lowest BCUT2D eigenvalue weighted by Crippen LogP contribution is -2.32. The molecule has 6 nitrogen and oxygen atoms in total. The van der Waals surface area contributed by atoms with Gasteiger partial charge in [-0.05, 0) is 78.1 Å². The number of carbonyl (C=O) groups excluding carboxylic acids is 2. The highest BCUT2D eigenvalue weighted by molar-refractivity contribution is 6.42. The maximum Gasteiger partial charge on any atom is 0.257 e. The van der Waals surface area contributed by atoms with Gasteiger partial charge >= 0.3 is 0 Å². The molecular weight excluding hydrogens is 567 g/mol. The van der Waals surface area contributed by atoms with Crippen LogP contribution >= 0.6 is 23.2 Å². The van der Waals surface area contributed by atoms with Crippen LogP contribution in [0.15, 0.2) is 97.2 Å². The van der Waals surface area contributed by atoms with Crippen molar-refractivity contribution in [3.8, 4) is 0 Å². The zero-order valence-electron chi connectivity index (χ0n) is 22.7. The van der Waals surface area contributed by atoms with E-state index in [4.69, 9.17) is 23.2 Å². The lowest BCUT2D eigenvalue weighted by atomic mass is 9.99. The van der Waals surface area contributed by atoms with Gasteiger partial charge < -0.3 is 10.6 Å². The molecule has 0 spiro atoms. The fourth-order valence-electron chi connectivity index (χ4n) is 5.22. The number of para-hydroxylation sites is 2. The summed E-state index contributed by atoms with van der Waals surface area (Å²) in [6.45, 7) is 2.76. The van der Waals surface area contributed by atoms with E-state index in [1.807, 2.05) is 60.7 Å². The van der Waals surface area contributed by atoms with Crippen LogP contribution < -0.4 is 10.6 Å². The van der Waals surface area contributed by atoms with Crippen LogP contribution in [-0.4, -0.2) is 34.8 Å². The quantitative estimate of drug-likeness (QED) is 0.203. The number of hydrogen-bond donors (Lipinski definition) is 2. The van der Waals surface area contributed by atoms with Crippen molar-refractivity contribution in [3.63, 3.8) is 0 Å². The number of nitrogens with one attached hydrogen (secondary N) is 2. The molecule has 0 fully saturated rings. The average Bonchev–Trinajstić information content (AvgIpc) is 3.01. The molecule has 4 aromatic carbocycles. The summed E-state index contributed by atoms with van der Waals surface area (Å²) in [4.78, 5) is 33.0. The van der Waals surface area contributed by atoms with Crippen molar-refractivity contribution < 1.29 is 9.59 Å². The molecule has 0 unspecified atom stereocenters. The lowest BCUT2D eigenvalue weighted by molar-refractivity contribution is 0.102. The molecule has 0 bridgehead atoms. The van der Waals surface area contributed by atoms with Gasteiger partial charge in [0, 0.05) is 36.9 Å². The molecule has 1 aromatic heterocycles. The summed E-state index contributed by atoms with van der Waals surface area (Å²) in [6.07, 6.45) is 3.39. The number of carbonyl (C=O) groups is 2. The van der Waals surface area contributed by atoms with E-state index in [2.05, 4.69) is 20.5 Å². The number of rotatable bonds is 7. The molecule has 6 rings (SSSR count). The summed E-state index contributed by atoms with van der Waals surface area (Å²) in [7, 11) is 0. The van der Waals surface area contributed by atoms with Gasteiger partial charge in [-0.1, -0.05) is 65.7 Å². The Kier molecular flexibility index (Phi) is 8.20. The molecule has 2 N–H and O–H groups in total. The highest BCUT2D eigenvalue weighted by atomic mass is 35.5. The van der Waals surface area contributed by atoms with Gasteiger partial charge in [0.25, 0.3) is 11.8 Å². The standard InChI is InChI=1S/C34H28Cl2N4O2/c35-29-18-23-14-16-40(21-26(23)19-30(29)36)15-13-22-9-11-27(12-10-22)38-34(42)28-6-2-4-8-32(28)39-33(41)25-17-24-5-1-3-7-31(24)37-20-25/h1-12,17-20H,13-16,21H2,(H,38,42)(H,39,41). The van der Waals surface area contributed by atoms with Crippen molar-refractivity contribution in [2.45, 2.75) is 19.4 Å². The molecule has 5 aromatic rings. The van der Waals surface area contributed by atoms with E-state index < -0.39 is 0 Å². The molecular formula is C34H28Cl2N4O2. The minimum Gasteiger partial charge on any atom is -0.322 e. The van der Waals surface area contributed by atoms with Gasteiger partial charge in [-0.15, -0.1) is 0 Å². The highest BCUT2D eigenvalue weighted by Crippen LogP contribution is 2.29. The monoisotopic (exact) mass is 594 g/mol. The zero-order valence-corrected chi connectivity index (χ0v) is 24.3. The average molecular weight is 596 g/mol. The van der Waals surface area contributed by atoms with Crippen LogP contribution in [0, 0.1) is 0 Å². The first kappa shape index (κ1) is 27.9. The molecule has 0 saturated carbocycles. The topological polar surface area (TPSA) is 74.3 Å². The van der Waals surface area contributed by atoms with Crippen LogP contribution in [0.4, 0.5) is 11.4 Å². The number of hydrogen-bond acceptors (Lipinski definition) is 4. The van der Waals surface area contributed by atoms with Crippen LogP contribution in [0.5, 0.6) is 0 Å². The van der Waals surface area contributed by atoms with Crippen LogP contribution in [0.3, 0.4) is 0 Å². The van der Waals surface area contributed by atoms with E-state index in [0.29, 0.717) is 32.5 Å². The molecule has 2 amide bonds. The maximum atomic E-state index is 13.2. The SMILES string of the molecule is O=C(Nc1ccccc1C(=O)Nc1ccc(CCN2CCc3cc(Cl)c(Cl)cc3C2)cc1)c1cnc2ccccc2c1. The fourth-order valence-corrected chi connectivity index (χ4v) is 5.59. The third-order valence-electron chi connectivity index (χ3n) is 7.53. The highest BCUT2D eigenvalue weighted by Gasteiger charge is 2.18. The van der Waals surface area contributed by atoms with Gasteiger partial charge in [-0.3, -0.25) is 19.5 Å². The number of nitrogens with zero attached hydrogens (tertiary/aromatic N) is 2. The summed E-state index contributed by atoms with van der Waals surface area (Å²) in [6, 6.07) is 28.2. The summed E-state index contributed by atoms with van der Waals surface area (Å²) in [5.41, 5.74) is 6.40. The maximum absolute atomic E-state index is 13.2. The predicted octanol–water partition coefficient (Wildman–Crippen LogP) is 7.65. The molecule has 0 aliphatic carbocycles. The number of aromatic nitrogens is 1. The Balaban J connectivity index is 1.06. The fraction of sp³-hybridized carbons (Fsp3) is 0.147. The molecule has 1 aliphatic rings. The first-order valence-electron chi connectivity index (χ1n) is 13.8. The van der Waals surface area contributed by atoms with E-state index in [0.717, 1.165) is 43.4 Å². The third kappa shape index (κ3) is 6.31. The summed E-state index contributed by atoms with van der Waals surface area (Å²) in [5.74, 6) is -0.636. The summed E-state index contributed by atoms with van der Waals surface area (Å²) < 4.78 is 0. The Morgan fingerprint density at radius 2 is 1.55 bits per heavy atom. The van der Waals surface area contributed by atoms with E-state index in [9.17, 15) is 9.59 Å². The van der Waals surface area contributed by atoms with Crippen molar-refractivity contribution in [3.05, 3.63) is 135 Å². The van der Waals surface area contributed by atoms with E-state index in [-0.39, 0.29) is 11.8 Å². The number of pyridine rings is 1. The number of anilines is 2. The van der Waals surface area contributed by atoms with Crippen LogP contribution in [0.1, 0.15) is 37.4 Å². The van der Waals surface area contributed by atoms with E-state index >= 15 is 0 Å².